The number of nitrogens with one attached hydrogen (secondary N) is 3. The molecule has 32 heavy (non-hydrogen) atoms. The number of rotatable bonds is 7. The van der Waals surface area contributed by atoms with E-state index in [1.165, 1.54) is 4.90 Å². The minimum Gasteiger partial charge on any atom is -0.504 e. The molecule has 2 heterocycles. The van der Waals surface area contributed by atoms with Gasteiger partial charge in [0.1, 0.15) is 17.9 Å². The Bertz CT molecular complexity index is 846. The molecule has 10 heteroatoms. The molecule has 9 nitrogen and oxygen atoms in total. The summed E-state index contributed by atoms with van der Waals surface area (Å²) in [4.78, 5) is 44.3. The highest BCUT2D eigenvalue weighted by Gasteiger charge is 2.41. The van der Waals surface area contributed by atoms with Crippen LogP contribution in [-0.4, -0.2) is 64.4 Å². The van der Waals surface area contributed by atoms with Crippen molar-refractivity contribution < 1.29 is 23.9 Å². The van der Waals surface area contributed by atoms with E-state index in [1.54, 1.807) is 14.0 Å². The molecule has 1 saturated carbocycles. The van der Waals surface area contributed by atoms with Crippen LogP contribution in [0, 0.1) is 11.7 Å². The summed E-state index contributed by atoms with van der Waals surface area (Å²) in [5, 5.41) is 18.1. The minimum atomic E-state index is -0.751. The molecule has 0 spiro atoms. The van der Waals surface area contributed by atoms with Crippen LogP contribution in [0.25, 0.3) is 0 Å². The molecule has 1 aromatic rings. The van der Waals surface area contributed by atoms with Gasteiger partial charge in [-0.3, -0.25) is 14.4 Å². The molecule has 1 aromatic heterocycles. The number of halogens is 1. The highest BCUT2D eigenvalue weighted by Crippen LogP contribution is 2.30. The summed E-state index contributed by atoms with van der Waals surface area (Å²) in [5.41, 5.74) is 0. The van der Waals surface area contributed by atoms with E-state index in [9.17, 15) is 23.9 Å². The van der Waals surface area contributed by atoms with E-state index in [0.29, 0.717) is 19.4 Å². The van der Waals surface area contributed by atoms with Gasteiger partial charge in [-0.2, -0.15) is 0 Å². The zero-order valence-corrected chi connectivity index (χ0v) is 18.6. The monoisotopic (exact) mass is 449 g/mol. The summed E-state index contributed by atoms with van der Waals surface area (Å²) >= 11 is 0. The third-order valence-electron chi connectivity index (χ3n) is 6.43. The summed E-state index contributed by atoms with van der Waals surface area (Å²) < 4.78 is 13.2. The first-order valence-corrected chi connectivity index (χ1v) is 11.2. The zero-order chi connectivity index (χ0) is 23.3. The summed E-state index contributed by atoms with van der Waals surface area (Å²) in [6.07, 6.45) is 6.82. The van der Waals surface area contributed by atoms with E-state index in [-0.39, 0.29) is 23.6 Å². The van der Waals surface area contributed by atoms with Crippen LogP contribution in [0.15, 0.2) is 12.3 Å². The Morgan fingerprint density at radius 2 is 1.91 bits per heavy atom. The van der Waals surface area contributed by atoms with E-state index in [4.69, 9.17) is 0 Å². The number of hydrogen-bond donors (Lipinski definition) is 4. The number of anilines is 1. The van der Waals surface area contributed by atoms with E-state index in [0.717, 1.165) is 44.4 Å². The third kappa shape index (κ3) is 5.53. The molecule has 0 aromatic carbocycles. The molecule has 1 saturated heterocycles. The van der Waals surface area contributed by atoms with Gasteiger partial charge in [0.15, 0.2) is 11.6 Å². The lowest BCUT2D eigenvalue weighted by molar-refractivity contribution is -0.142. The van der Waals surface area contributed by atoms with Crippen LogP contribution in [0.4, 0.5) is 10.2 Å². The molecular formula is C22H32FN5O4. The number of likely N-dealkylation sites (N-methyl/N-ethyl adjacent to an activating group) is 1. The van der Waals surface area contributed by atoms with Crippen LogP contribution in [0.1, 0.15) is 51.9 Å². The predicted octanol–water partition coefficient (Wildman–Crippen LogP) is 1.53. The van der Waals surface area contributed by atoms with Crippen molar-refractivity contribution in [3.63, 3.8) is 0 Å². The van der Waals surface area contributed by atoms with Crippen molar-refractivity contribution in [2.45, 2.75) is 70.0 Å². The number of likely N-dealkylation sites (tertiary alicyclic amines) is 1. The van der Waals surface area contributed by atoms with Crippen LogP contribution in [0.3, 0.4) is 0 Å². The van der Waals surface area contributed by atoms with E-state index < -0.39 is 35.6 Å². The van der Waals surface area contributed by atoms with Gasteiger partial charge in [-0.25, -0.2) is 9.37 Å². The lowest BCUT2D eigenvalue weighted by atomic mass is 9.83. The Morgan fingerprint density at radius 1 is 1.19 bits per heavy atom. The third-order valence-corrected chi connectivity index (χ3v) is 6.43. The Labute approximate surface area is 187 Å². The lowest BCUT2D eigenvalue weighted by Crippen LogP contribution is -2.57. The van der Waals surface area contributed by atoms with Crippen molar-refractivity contribution >= 4 is 23.5 Å². The Kier molecular flexibility index (Phi) is 8.00. The maximum absolute atomic E-state index is 13.6. The highest BCUT2D eigenvalue weighted by atomic mass is 19.1. The van der Waals surface area contributed by atoms with Crippen LogP contribution in [-0.2, 0) is 14.4 Å². The Hall–Kier alpha value is -2.75. The fraction of sp³-hybridized carbons (Fsp3) is 0.636. The molecule has 3 atom stereocenters. The molecule has 3 amide bonds. The van der Waals surface area contributed by atoms with Crippen molar-refractivity contribution in [1.29, 1.82) is 0 Å². The topological polar surface area (TPSA) is 124 Å². The molecule has 1 aliphatic heterocycles. The standard InChI is InChI=1S/C22H32FN5O4/c1-13(24-2)20(30)26-18(14-7-4-3-5-8-14)22(32)28-10-6-9-16(28)21(31)27-19-17(29)11-15(23)12-25-19/h11-14,16,18,24,29H,3-10H2,1-2H3,(H,26,30)(H,25,27,31)/t13-,16-,18-/m0/s1. The van der Waals surface area contributed by atoms with Crippen LogP contribution < -0.4 is 16.0 Å². The van der Waals surface area contributed by atoms with Gasteiger partial charge >= 0.3 is 0 Å². The molecule has 0 radical (unpaired) electrons. The molecule has 1 aliphatic carbocycles. The van der Waals surface area contributed by atoms with E-state index >= 15 is 0 Å². The van der Waals surface area contributed by atoms with Gasteiger partial charge in [-0.15, -0.1) is 0 Å². The predicted molar refractivity (Wildman–Crippen MR) is 116 cm³/mol. The van der Waals surface area contributed by atoms with Gasteiger partial charge < -0.3 is 26.0 Å². The Morgan fingerprint density at radius 3 is 2.56 bits per heavy atom. The van der Waals surface area contributed by atoms with Crippen molar-refractivity contribution in [2.75, 3.05) is 18.9 Å². The average molecular weight is 450 g/mol. The van der Waals surface area contributed by atoms with Crippen molar-refractivity contribution in [1.82, 2.24) is 20.5 Å². The number of aromatic nitrogens is 1. The fourth-order valence-corrected chi connectivity index (χ4v) is 4.46. The normalized spacial score (nSPS) is 21.1. The van der Waals surface area contributed by atoms with Gasteiger partial charge in [-0.05, 0) is 45.6 Å². The van der Waals surface area contributed by atoms with Crippen molar-refractivity contribution in [2.24, 2.45) is 5.92 Å². The van der Waals surface area contributed by atoms with Crippen molar-refractivity contribution in [3.05, 3.63) is 18.1 Å². The quantitative estimate of drug-likeness (QED) is 0.501. The number of pyridine rings is 1. The number of carbonyl (C=O) groups is 3. The van der Waals surface area contributed by atoms with Gasteiger partial charge in [0.2, 0.25) is 17.7 Å². The molecule has 2 fully saturated rings. The molecule has 0 unspecified atom stereocenters. The average Bonchev–Trinajstić information content (AvgIpc) is 3.29. The molecule has 0 bridgehead atoms. The maximum Gasteiger partial charge on any atom is 0.248 e. The number of carbonyl (C=O) groups excluding carboxylic acids is 3. The number of aromatic hydroxyl groups is 1. The largest absolute Gasteiger partial charge is 0.504 e. The van der Waals surface area contributed by atoms with E-state index in [2.05, 4.69) is 20.9 Å². The molecule has 2 aliphatic rings. The number of nitrogens with zero attached hydrogens (tertiary/aromatic N) is 2. The highest BCUT2D eigenvalue weighted by molar-refractivity contribution is 5.99. The zero-order valence-electron chi connectivity index (χ0n) is 18.6. The minimum absolute atomic E-state index is 0.0244. The first-order chi connectivity index (χ1) is 15.3. The van der Waals surface area contributed by atoms with Gasteiger partial charge in [0.25, 0.3) is 0 Å². The second kappa shape index (κ2) is 10.7. The summed E-state index contributed by atoms with van der Waals surface area (Å²) in [5.74, 6) is -2.35. The summed E-state index contributed by atoms with van der Waals surface area (Å²) in [6, 6.07) is -1.03. The summed E-state index contributed by atoms with van der Waals surface area (Å²) in [6.45, 7) is 2.13. The molecule has 176 valence electrons. The SMILES string of the molecule is CN[C@@H](C)C(=O)N[C@H](C(=O)N1CCC[C@H]1C(=O)Nc1ncc(F)cc1O)C1CCCCC1. The van der Waals surface area contributed by atoms with E-state index in [1.807, 2.05) is 0 Å². The smallest absolute Gasteiger partial charge is 0.248 e. The van der Waals surface area contributed by atoms with Crippen LogP contribution in [0.2, 0.25) is 0 Å². The first-order valence-electron chi connectivity index (χ1n) is 11.2. The summed E-state index contributed by atoms with van der Waals surface area (Å²) in [7, 11) is 1.68. The molecular weight excluding hydrogens is 417 g/mol. The maximum atomic E-state index is 13.6. The van der Waals surface area contributed by atoms with Crippen molar-refractivity contribution in [3.8, 4) is 5.75 Å². The first kappa shape index (κ1) is 23.9. The second-order valence-electron chi connectivity index (χ2n) is 8.59. The molecule has 4 N–H and O–H groups in total. The van der Waals surface area contributed by atoms with Gasteiger partial charge in [0.05, 0.1) is 12.2 Å². The molecule has 3 rings (SSSR count). The lowest BCUT2D eigenvalue weighted by Gasteiger charge is -2.35. The van der Waals surface area contributed by atoms with Gasteiger partial charge in [-0.1, -0.05) is 19.3 Å². The van der Waals surface area contributed by atoms with Crippen LogP contribution >= 0.6 is 0 Å². The fourth-order valence-electron chi connectivity index (χ4n) is 4.46. The second-order valence-corrected chi connectivity index (χ2v) is 8.59. The Balaban J connectivity index is 1.76. The number of amides is 3. The van der Waals surface area contributed by atoms with Crippen LogP contribution in [0.5, 0.6) is 5.75 Å². The van der Waals surface area contributed by atoms with Gasteiger partial charge in [0, 0.05) is 12.6 Å². The number of hydrogen-bond acceptors (Lipinski definition) is 6.